The van der Waals surface area contributed by atoms with E-state index in [9.17, 15) is 8.78 Å². The second kappa shape index (κ2) is 5.44. The number of aryl methyl sites for hydroxylation is 2. The number of halogens is 2. The first-order chi connectivity index (χ1) is 8.60. The topological polar surface area (TPSA) is 25.8 Å². The highest BCUT2D eigenvalue weighted by molar-refractivity contribution is 7.80. The maximum atomic E-state index is 13.7. The summed E-state index contributed by atoms with van der Waals surface area (Å²) in [7, 11) is 0. The van der Waals surface area contributed by atoms with Crippen molar-refractivity contribution in [1.82, 2.24) is 9.97 Å². The zero-order valence-corrected chi connectivity index (χ0v) is 10.7. The number of hydrogen-bond donors (Lipinski definition) is 1. The normalized spacial score (nSPS) is 10.7. The minimum Gasteiger partial charge on any atom is -0.238 e. The molecular weight excluding hydrogens is 254 g/mol. The second-order valence-electron chi connectivity index (χ2n) is 3.91. The smallest absolute Gasteiger partial charge is 0.132 e. The highest BCUT2D eigenvalue weighted by Crippen LogP contribution is 2.22. The van der Waals surface area contributed by atoms with E-state index in [2.05, 4.69) is 22.6 Å². The van der Waals surface area contributed by atoms with Gasteiger partial charge in [0, 0.05) is 17.7 Å². The molecule has 0 saturated heterocycles. The molecule has 2 nitrogen and oxygen atoms in total. The van der Waals surface area contributed by atoms with E-state index in [1.807, 2.05) is 0 Å². The maximum absolute atomic E-state index is 13.7. The molecule has 1 heterocycles. The fourth-order valence-electron chi connectivity index (χ4n) is 1.67. The van der Waals surface area contributed by atoms with Gasteiger partial charge in [0.15, 0.2) is 0 Å². The van der Waals surface area contributed by atoms with Crippen LogP contribution in [-0.4, -0.2) is 15.7 Å². The molecule has 0 unspecified atom stereocenters. The minimum atomic E-state index is -0.494. The summed E-state index contributed by atoms with van der Waals surface area (Å²) in [4.78, 5) is 8.45. The van der Waals surface area contributed by atoms with Crippen molar-refractivity contribution in [3.8, 4) is 11.3 Å². The van der Waals surface area contributed by atoms with Crippen LogP contribution in [0.4, 0.5) is 8.78 Å². The molecule has 0 amide bonds. The van der Waals surface area contributed by atoms with Crippen molar-refractivity contribution < 1.29 is 8.78 Å². The van der Waals surface area contributed by atoms with Crippen molar-refractivity contribution in [2.24, 2.45) is 0 Å². The van der Waals surface area contributed by atoms with Crippen LogP contribution in [0.3, 0.4) is 0 Å². The van der Waals surface area contributed by atoms with Gasteiger partial charge in [-0.15, -0.1) is 0 Å². The van der Waals surface area contributed by atoms with E-state index >= 15 is 0 Å². The van der Waals surface area contributed by atoms with Crippen LogP contribution in [0, 0.1) is 18.6 Å². The van der Waals surface area contributed by atoms with Crippen LogP contribution in [0.15, 0.2) is 24.3 Å². The SMILES string of the molecule is Cc1cc(-c2cc(F)ccc2F)nc(CCS)n1. The summed E-state index contributed by atoms with van der Waals surface area (Å²) in [5, 5.41) is 0. The van der Waals surface area contributed by atoms with Crippen LogP contribution < -0.4 is 0 Å². The average molecular weight is 266 g/mol. The fraction of sp³-hybridized carbons (Fsp3) is 0.231. The van der Waals surface area contributed by atoms with Gasteiger partial charge in [0.25, 0.3) is 0 Å². The maximum Gasteiger partial charge on any atom is 0.132 e. The molecule has 0 spiro atoms. The van der Waals surface area contributed by atoms with Gasteiger partial charge < -0.3 is 0 Å². The largest absolute Gasteiger partial charge is 0.238 e. The molecule has 0 saturated carbocycles. The van der Waals surface area contributed by atoms with Gasteiger partial charge in [-0.25, -0.2) is 18.7 Å². The van der Waals surface area contributed by atoms with E-state index < -0.39 is 11.6 Å². The third-order valence-corrected chi connectivity index (χ3v) is 2.66. The van der Waals surface area contributed by atoms with Crippen LogP contribution in [0.5, 0.6) is 0 Å². The van der Waals surface area contributed by atoms with Crippen molar-refractivity contribution in [2.45, 2.75) is 13.3 Å². The van der Waals surface area contributed by atoms with Gasteiger partial charge in [-0.1, -0.05) is 0 Å². The average Bonchev–Trinajstić information content (AvgIpc) is 2.32. The molecule has 5 heteroatoms. The highest BCUT2D eigenvalue weighted by atomic mass is 32.1. The molecule has 1 aromatic carbocycles. The summed E-state index contributed by atoms with van der Waals surface area (Å²) < 4.78 is 26.8. The minimum absolute atomic E-state index is 0.154. The van der Waals surface area contributed by atoms with Gasteiger partial charge in [-0.05, 0) is 36.9 Å². The highest BCUT2D eigenvalue weighted by Gasteiger charge is 2.10. The predicted octanol–water partition coefficient (Wildman–Crippen LogP) is 3.20. The number of hydrogen-bond acceptors (Lipinski definition) is 3. The number of benzene rings is 1. The first kappa shape index (κ1) is 13.0. The van der Waals surface area contributed by atoms with Crippen molar-refractivity contribution in [1.29, 1.82) is 0 Å². The van der Waals surface area contributed by atoms with Crippen molar-refractivity contribution in [3.05, 3.63) is 47.4 Å². The Hall–Kier alpha value is -1.49. The molecule has 0 bridgehead atoms. The quantitative estimate of drug-likeness (QED) is 0.863. The molecule has 0 atom stereocenters. The molecule has 0 N–H and O–H groups in total. The monoisotopic (exact) mass is 266 g/mol. The summed E-state index contributed by atoms with van der Waals surface area (Å²) in [6, 6.07) is 4.96. The Balaban J connectivity index is 2.52. The van der Waals surface area contributed by atoms with Gasteiger partial charge in [0.2, 0.25) is 0 Å². The Morgan fingerprint density at radius 1 is 1.17 bits per heavy atom. The lowest BCUT2D eigenvalue weighted by Gasteiger charge is -2.06. The molecule has 0 aliphatic heterocycles. The Labute approximate surface area is 110 Å². The molecule has 0 aliphatic rings. The van der Waals surface area contributed by atoms with Crippen molar-refractivity contribution in [3.63, 3.8) is 0 Å². The number of rotatable bonds is 3. The molecule has 18 heavy (non-hydrogen) atoms. The van der Waals surface area contributed by atoms with Gasteiger partial charge in [0.05, 0.1) is 5.69 Å². The Morgan fingerprint density at radius 3 is 2.67 bits per heavy atom. The Kier molecular flexibility index (Phi) is 3.91. The number of aromatic nitrogens is 2. The van der Waals surface area contributed by atoms with E-state index in [0.717, 1.165) is 23.9 Å². The number of nitrogens with zero attached hydrogens (tertiary/aromatic N) is 2. The molecule has 0 radical (unpaired) electrons. The molecule has 2 rings (SSSR count). The van der Waals surface area contributed by atoms with Crippen LogP contribution in [0.1, 0.15) is 11.5 Å². The van der Waals surface area contributed by atoms with Crippen molar-refractivity contribution >= 4 is 12.6 Å². The first-order valence-electron chi connectivity index (χ1n) is 5.51. The molecule has 0 fully saturated rings. The van der Waals surface area contributed by atoms with E-state index in [1.165, 1.54) is 0 Å². The lowest BCUT2D eigenvalue weighted by atomic mass is 10.1. The molecule has 1 aromatic heterocycles. The summed E-state index contributed by atoms with van der Waals surface area (Å²) in [6.45, 7) is 1.80. The van der Waals surface area contributed by atoms with Crippen LogP contribution in [0.25, 0.3) is 11.3 Å². The van der Waals surface area contributed by atoms with Crippen LogP contribution in [0.2, 0.25) is 0 Å². The third kappa shape index (κ3) is 2.85. The lowest BCUT2D eigenvalue weighted by Crippen LogP contribution is -2.01. The Morgan fingerprint density at radius 2 is 1.94 bits per heavy atom. The van der Waals surface area contributed by atoms with Crippen LogP contribution in [-0.2, 0) is 6.42 Å². The fourth-order valence-corrected chi connectivity index (χ4v) is 1.87. The van der Waals surface area contributed by atoms with E-state index in [-0.39, 0.29) is 5.56 Å². The standard InChI is InChI=1S/C13H12F2N2S/c1-8-6-12(17-13(16-8)4-5-18)10-7-9(14)2-3-11(10)15/h2-3,6-7,18H,4-5H2,1H3. The number of thiol groups is 1. The van der Waals surface area contributed by atoms with Crippen LogP contribution >= 0.6 is 12.6 Å². The molecule has 0 aliphatic carbocycles. The van der Waals surface area contributed by atoms with E-state index in [4.69, 9.17) is 0 Å². The van der Waals surface area contributed by atoms with Gasteiger partial charge in [-0.2, -0.15) is 12.6 Å². The second-order valence-corrected chi connectivity index (χ2v) is 4.36. The van der Waals surface area contributed by atoms with Gasteiger partial charge in [-0.3, -0.25) is 0 Å². The lowest BCUT2D eigenvalue weighted by molar-refractivity contribution is 0.602. The van der Waals surface area contributed by atoms with E-state index in [1.54, 1.807) is 13.0 Å². The predicted molar refractivity (Wildman–Crippen MR) is 69.7 cm³/mol. The third-order valence-electron chi connectivity index (χ3n) is 2.44. The molecule has 2 aromatic rings. The summed E-state index contributed by atoms with van der Waals surface area (Å²) in [5.74, 6) is 0.211. The first-order valence-corrected chi connectivity index (χ1v) is 6.14. The summed E-state index contributed by atoms with van der Waals surface area (Å²) >= 11 is 4.11. The van der Waals surface area contributed by atoms with Crippen molar-refractivity contribution in [2.75, 3.05) is 5.75 Å². The summed E-state index contributed by atoms with van der Waals surface area (Å²) in [5.41, 5.74) is 1.28. The zero-order valence-electron chi connectivity index (χ0n) is 9.82. The molecule has 94 valence electrons. The van der Waals surface area contributed by atoms with Gasteiger partial charge in [0.1, 0.15) is 17.5 Å². The van der Waals surface area contributed by atoms with E-state index in [0.29, 0.717) is 23.7 Å². The Bertz CT molecular complexity index is 573. The zero-order chi connectivity index (χ0) is 13.1. The van der Waals surface area contributed by atoms with Gasteiger partial charge >= 0.3 is 0 Å². The summed E-state index contributed by atoms with van der Waals surface area (Å²) in [6.07, 6.45) is 0.592. The molecular formula is C13H12F2N2S.